The van der Waals surface area contributed by atoms with Crippen LogP contribution in [0, 0.1) is 23.7 Å². The Labute approximate surface area is 200 Å². The molecule has 4 nitrogen and oxygen atoms in total. The molecule has 0 N–H and O–H groups in total. The first-order valence-corrected chi connectivity index (χ1v) is 11.3. The van der Waals surface area contributed by atoms with E-state index >= 15 is 0 Å². The Morgan fingerprint density at radius 2 is 1.66 bits per heavy atom. The largest absolute Gasteiger partial charge is 0.427 e. The van der Waals surface area contributed by atoms with Gasteiger partial charge in [-0.25, -0.2) is 0 Å². The summed E-state index contributed by atoms with van der Waals surface area (Å²) < 4.78 is 91.6. The van der Waals surface area contributed by atoms with E-state index in [1.165, 1.54) is 12.1 Å². The van der Waals surface area contributed by atoms with E-state index in [1.807, 2.05) is 6.07 Å². The summed E-state index contributed by atoms with van der Waals surface area (Å²) in [5, 5.41) is 8.96. The van der Waals surface area contributed by atoms with Crippen molar-refractivity contribution in [3.8, 4) is 6.07 Å². The predicted octanol–water partition coefficient (Wildman–Crippen LogP) is 5.99. The fourth-order valence-electron chi connectivity index (χ4n) is 5.04. The van der Waals surface area contributed by atoms with Crippen LogP contribution in [-0.4, -0.2) is 47.5 Å². The van der Waals surface area contributed by atoms with Gasteiger partial charge in [0.05, 0.1) is 11.6 Å². The molecule has 2 heterocycles. The maximum absolute atomic E-state index is 14.5. The van der Waals surface area contributed by atoms with Gasteiger partial charge in [-0.1, -0.05) is 18.2 Å². The van der Waals surface area contributed by atoms with Crippen LogP contribution in [0.15, 0.2) is 42.6 Å². The maximum Gasteiger partial charge on any atom is 0.427 e. The summed E-state index contributed by atoms with van der Waals surface area (Å²) >= 11 is 0. The highest BCUT2D eigenvalue weighted by molar-refractivity contribution is 5.32. The number of likely N-dealkylation sites (tertiary alicyclic amines) is 1. The zero-order valence-electron chi connectivity index (χ0n) is 19.5. The Hall–Kier alpha value is -2.64. The number of pyridine rings is 1. The number of nitrogens with zero attached hydrogens (tertiary/aromatic N) is 3. The number of alkyl halides is 6. The van der Waals surface area contributed by atoms with Gasteiger partial charge in [0.2, 0.25) is 0 Å². The van der Waals surface area contributed by atoms with Crippen LogP contribution in [-0.2, 0) is 17.7 Å². The lowest BCUT2D eigenvalue weighted by Gasteiger charge is -2.49. The van der Waals surface area contributed by atoms with E-state index < -0.39 is 36.5 Å². The van der Waals surface area contributed by atoms with E-state index in [1.54, 1.807) is 42.3 Å². The lowest BCUT2D eigenvalue weighted by molar-refractivity contribution is -0.414. The second kappa shape index (κ2) is 10.2. The van der Waals surface area contributed by atoms with Gasteiger partial charge in [-0.3, -0.25) is 9.88 Å². The molecule has 0 aliphatic carbocycles. The maximum atomic E-state index is 14.5. The third kappa shape index (κ3) is 5.31. The van der Waals surface area contributed by atoms with Crippen molar-refractivity contribution in [3.63, 3.8) is 0 Å². The standard InChI is InChI=1S/C25H27F6N3O/c1-3-35-23(24(26,27)28,25(29,30)31)22(11-10-19-6-8-20(14-32)9-7-19)12-13-34(17-22)16-21-5-4-18(2)33-15-21/h4-9,15H,3,10-13,16-17H2,1-2H3/t22-/m1/s1. The molecule has 1 aliphatic heterocycles. The first-order chi connectivity index (χ1) is 16.4. The molecule has 0 saturated carbocycles. The molecule has 10 heteroatoms. The van der Waals surface area contributed by atoms with E-state index in [-0.39, 0.29) is 32.4 Å². The highest BCUT2D eigenvalue weighted by Crippen LogP contribution is 2.60. The molecule has 0 unspecified atom stereocenters. The van der Waals surface area contributed by atoms with E-state index in [0.717, 1.165) is 12.6 Å². The summed E-state index contributed by atoms with van der Waals surface area (Å²) in [6.07, 6.45) is -10.5. The van der Waals surface area contributed by atoms with Crippen molar-refractivity contribution in [1.82, 2.24) is 9.88 Å². The number of rotatable bonds is 8. The molecular formula is C25H27F6N3O. The quantitative estimate of drug-likeness (QED) is 0.419. The Bertz CT molecular complexity index is 1010. The molecule has 1 aromatic heterocycles. The molecule has 0 spiro atoms. The Balaban J connectivity index is 2.01. The third-order valence-corrected chi connectivity index (χ3v) is 6.69. The summed E-state index contributed by atoms with van der Waals surface area (Å²) in [5.74, 6) is 0. The van der Waals surface area contributed by atoms with Gasteiger partial charge in [0.15, 0.2) is 0 Å². The van der Waals surface area contributed by atoms with Gasteiger partial charge in [0, 0.05) is 37.0 Å². The molecule has 0 radical (unpaired) electrons. The van der Waals surface area contributed by atoms with E-state index in [0.29, 0.717) is 16.7 Å². The molecule has 3 rings (SSSR count). The van der Waals surface area contributed by atoms with Crippen molar-refractivity contribution in [2.24, 2.45) is 5.41 Å². The lowest BCUT2D eigenvalue weighted by atomic mass is 9.66. The van der Waals surface area contributed by atoms with E-state index in [4.69, 9.17) is 10.00 Å². The van der Waals surface area contributed by atoms with Gasteiger partial charge >= 0.3 is 12.4 Å². The van der Waals surface area contributed by atoms with Gasteiger partial charge in [-0.2, -0.15) is 31.6 Å². The van der Waals surface area contributed by atoms with Gasteiger partial charge in [-0.05, 0) is 69.0 Å². The second-order valence-corrected chi connectivity index (χ2v) is 8.97. The minimum Gasteiger partial charge on any atom is -0.358 e. The van der Waals surface area contributed by atoms with Crippen molar-refractivity contribution in [2.45, 2.75) is 57.6 Å². The zero-order valence-corrected chi connectivity index (χ0v) is 19.5. The van der Waals surface area contributed by atoms with Crippen molar-refractivity contribution >= 4 is 0 Å². The summed E-state index contributed by atoms with van der Waals surface area (Å²) in [5.41, 5.74) is -4.19. The van der Waals surface area contributed by atoms with Crippen LogP contribution in [0.5, 0.6) is 0 Å². The molecule has 1 saturated heterocycles. The van der Waals surface area contributed by atoms with Crippen LogP contribution in [0.1, 0.15) is 42.1 Å². The molecular weight excluding hydrogens is 472 g/mol. The number of ether oxygens (including phenoxy) is 1. The molecule has 1 aliphatic rings. The Kier molecular flexibility index (Phi) is 7.82. The van der Waals surface area contributed by atoms with Crippen LogP contribution < -0.4 is 0 Å². The summed E-state index contributed by atoms with van der Waals surface area (Å²) in [4.78, 5) is 5.78. The number of aromatic nitrogens is 1. The van der Waals surface area contributed by atoms with Crippen LogP contribution in [0.3, 0.4) is 0 Å². The third-order valence-electron chi connectivity index (χ3n) is 6.69. The van der Waals surface area contributed by atoms with Gasteiger partial charge in [0.25, 0.3) is 5.60 Å². The first-order valence-electron chi connectivity index (χ1n) is 11.3. The summed E-state index contributed by atoms with van der Waals surface area (Å²) in [6, 6.07) is 11.6. The fraction of sp³-hybridized carbons (Fsp3) is 0.520. The Morgan fingerprint density at radius 1 is 1.03 bits per heavy atom. The SMILES string of the molecule is CCOC(C(F)(F)F)(C(F)(F)F)[C@]1(CCc2ccc(C#N)cc2)CCN(Cc2ccc(C)nc2)C1. The van der Waals surface area contributed by atoms with Crippen LogP contribution in [0.25, 0.3) is 0 Å². The number of benzene rings is 1. The summed E-state index contributed by atoms with van der Waals surface area (Å²) in [7, 11) is 0. The molecule has 2 aromatic rings. The average Bonchev–Trinajstić information content (AvgIpc) is 3.20. The number of hydrogen-bond acceptors (Lipinski definition) is 4. The number of halogens is 6. The minimum absolute atomic E-state index is 0.0212. The molecule has 1 aromatic carbocycles. The van der Waals surface area contributed by atoms with E-state index in [2.05, 4.69) is 4.98 Å². The van der Waals surface area contributed by atoms with Gasteiger partial charge in [-0.15, -0.1) is 0 Å². The molecule has 0 amide bonds. The van der Waals surface area contributed by atoms with E-state index in [9.17, 15) is 26.3 Å². The van der Waals surface area contributed by atoms with Crippen molar-refractivity contribution in [3.05, 3.63) is 65.0 Å². The number of nitriles is 1. The minimum atomic E-state index is -5.67. The monoisotopic (exact) mass is 499 g/mol. The highest BCUT2D eigenvalue weighted by Gasteiger charge is 2.81. The predicted molar refractivity (Wildman–Crippen MR) is 117 cm³/mol. The summed E-state index contributed by atoms with van der Waals surface area (Å²) in [6.45, 7) is 2.00. The fourth-order valence-corrected chi connectivity index (χ4v) is 5.04. The van der Waals surface area contributed by atoms with Crippen molar-refractivity contribution < 1.29 is 31.1 Å². The Morgan fingerprint density at radius 3 is 2.17 bits per heavy atom. The topological polar surface area (TPSA) is 49.1 Å². The average molecular weight is 499 g/mol. The van der Waals surface area contributed by atoms with Crippen LogP contribution in [0.2, 0.25) is 0 Å². The molecule has 35 heavy (non-hydrogen) atoms. The molecule has 0 bridgehead atoms. The smallest absolute Gasteiger partial charge is 0.358 e. The van der Waals surface area contributed by atoms with Gasteiger partial charge < -0.3 is 4.74 Å². The highest BCUT2D eigenvalue weighted by atomic mass is 19.4. The normalized spacial score (nSPS) is 19.6. The molecule has 1 atom stereocenters. The van der Waals surface area contributed by atoms with Crippen molar-refractivity contribution in [2.75, 3.05) is 19.7 Å². The molecule has 1 fully saturated rings. The van der Waals surface area contributed by atoms with Crippen LogP contribution >= 0.6 is 0 Å². The van der Waals surface area contributed by atoms with Crippen LogP contribution in [0.4, 0.5) is 26.3 Å². The molecule has 190 valence electrons. The second-order valence-electron chi connectivity index (χ2n) is 8.97. The zero-order chi connectivity index (χ0) is 25.9. The first kappa shape index (κ1) is 27.0. The number of aryl methyl sites for hydroxylation is 2. The number of hydrogen-bond donors (Lipinski definition) is 0. The van der Waals surface area contributed by atoms with Crippen molar-refractivity contribution in [1.29, 1.82) is 5.26 Å². The lowest BCUT2D eigenvalue weighted by Crippen LogP contribution is -2.69. The van der Waals surface area contributed by atoms with Gasteiger partial charge in [0.1, 0.15) is 0 Å².